The van der Waals surface area contributed by atoms with Crippen molar-refractivity contribution in [3.05, 3.63) is 95.3 Å². The van der Waals surface area contributed by atoms with E-state index in [4.69, 9.17) is 4.74 Å². The van der Waals surface area contributed by atoms with Gasteiger partial charge < -0.3 is 10.1 Å². The number of carbonyl (C=O) groups excluding carboxylic acids is 1. The van der Waals surface area contributed by atoms with E-state index in [2.05, 4.69) is 5.32 Å². The SMILES string of the molecule is Cc1ccc(S(=O)(=O)N2CC3(CCN(CC(=O)Nc4cccc(F)c4C)CC3)OC[C@H]2Cc2ccccc2)cc1. The molecule has 0 aliphatic carbocycles. The second-order valence-electron chi connectivity index (χ2n) is 10.9. The van der Waals surface area contributed by atoms with Crippen LogP contribution in [-0.4, -0.2) is 68.0 Å². The van der Waals surface area contributed by atoms with Crippen LogP contribution >= 0.6 is 0 Å². The number of likely N-dealkylation sites (tertiary alicyclic amines) is 1. The van der Waals surface area contributed by atoms with Crippen molar-refractivity contribution in [2.24, 2.45) is 0 Å². The van der Waals surface area contributed by atoms with Crippen LogP contribution < -0.4 is 5.32 Å². The first-order valence-corrected chi connectivity index (χ1v) is 15.1. The lowest BCUT2D eigenvalue weighted by atomic mass is 9.88. The number of benzene rings is 3. The van der Waals surface area contributed by atoms with E-state index in [9.17, 15) is 17.6 Å². The Morgan fingerprint density at radius 3 is 2.40 bits per heavy atom. The Balaban J connectivity index is 1.28. The minimum absolute atomic E-state index is 0.175. The molecule has 9 heteroatoms. The Morgan fingerprint density at radius 2 is 1.70 bits per heavy atom. The molecule has 0 unspecified atom stereocenters. The molecule has 3 aromatic carbocycles. The zero-order valence-corrected chi connectivity index (χ0v) is 23.8. The molecule has 2 aliphatic rings. The second kappa shape index (κ2) is 11.8. The predicted molar refractivity (Wildman–Crippen MR) is 153 cm³/mol. The number of aryl methyl sites for hydroxylation is 1. The summed E-state index contributed by atoms with van der Waals surface area (Å²) in [5, 5.41) is 2.81. The van der Waals surface area contributed by atoms with Crippen molar-refractivity contribution in [3.8, 4) is 0 Å². The fourth-order valence-corrected chi connectivity index (χ4v) is 7.23. The number of ether oxygens (including phenoxy) is 1. The lowest BCUT2D eigenvalue weighted by Crippen LogP contribution is -2.62. The first-order valence-electron chi connectivity index (χ1n) is 13.7. The zero-order valence-electron chi connectivity index (χ0n) is 23.0. The highest BCUT2D eigenvalue weighted by molar-refractivity contribution is 7.89. The highest BCUT2D eigenvalue weighted by Crippen LogP contribution is 2.36. The van der Waals surface area contributed by atoms with Crippen LogP contribution in [0.4, 0.5) is 10.1 Å². The topological polar surface area (TPSA) is 79.0 Å². The van der Waals surface area contributed by atoms with Gasteiger partial charge in [0.1, 0.15) is 5.82 Å². The smallest absolute Gasteiger partial charge is 0.243 e. The van der Waals surface area contributed by atoms with Crippen molar-refractivity contribution in [1.29, 1.82) is 0 Å². The van der Waals surface area contributed by atoms with Crippen molar-refractivity contribution < 1.29 is 22.3 Å². The highest BCUT2D eigenvalue weighted by atomic mass is 32.2. The molecule has 7 nitrogen and oxygen atoms in total. The maximum Gasteiger partial charge on any atom is 0.243 e. The molecule has 2 fully saturated rings. The molecule has 0 bridgehead atoms. The Morgan fingerprint density at radius 1 is 1.00 bits per heavy atom. The number of anilines is 1. The van der Waals surface area contributed by atoms with Crippen molar-refractivity contribution in [3.63, 3.8) is 0 Å². The van der Waals surface area contributed by atoms with E-state index in [1.807, 2.05) is 54.3 Å². The zero-order chi connectivity index (χ0) is 28.3. The molecule has 1 amide bonds. The summed E-state index contributed by atoms with van der Waals surface area (Å²) in [6.07, 6.45) is 1.78. The number of nitrogens with one attached hydrogen (secondary N) is 1. The number of halogens is 1. The molecule has 2 aliphatic heterocycles. The maximum atomic E-state index is 13.9. The van der Waals surface area contributed by atoms with E-state index in [0.29, 0.717) is 50.2 Å². The molecule has 5 rings (SSSR count). The van der Waals surface area contributed by atoms with Crippen molar-refractivity contribution in [2.45, 2.75) is 49.6 Å². The van der Waals surface area contributed by atoms with Gasteiger partial charge in [0.25, 0.3) is 0 Å². The molecule has 0 saturated carbocycles. The van der Waals surface area contributed by atoms with Gasteiger partial charge in [-0.05, 0) is 62.9 Å². The number of sulfonamides is 1. The normalized spacial score (nSPS) is 19.9. The van der Waals surface area contributed by atoms with E-state index < -0.39 is 15.6 Å². The van der Waals surface area contributed by atoms with Crippen LogP contribution in [0.25, 0.3) is 0 Å². The molecule has 1 atom stereocenters. The second-order valence-corrected chi connectivity index (χ2v) is 12.8. The third-order valence-corrected chi connectivity index (χ3v) is 9.96. The number of carbonyl (C=O) groups is 1. The van der Waals surface area contributed by atoms with Crippen LogP contribution in [0, 0.1) is 19.7 Å². The molecule has 2 saturated heterocycles. The van der Waals surface area contributed by atoms with Gasteiger partial charge in [0.05, 0.1) is 29.7 Å². The largest absolute Gasteiger partial charge is 0.372 e. The van der Waals surface area contributed by atoms with E-state index in [1.165, 1.54) is 6.07 Å². The van der Waals surface area contributed by atoms with Gasteiger partial charge in [-0.25, -0.2) is 12.8 Å². The Kier molecular flexibility index (Phi) is 8.37. The minimum atomic E-state index is -3.75. The summed E-state index contributed by atoms with van der Waals surface area (Å²) in [5.74, 6) is -0.566. The third kappa shape index (κ3) is 6.28. The quantitative estimate of drug-likeness (QED) is 0.455. The monoisotopic (exact) mass is 565 g/mol. The summed E-state index contributed by atoms with van der Waals surface area (Å²) >= 11 is 0. The van der Waals surface area contributed by atoms with Crippen LogP contribution in [0.3, 0.4) is 0 Å². The molecule has 212 valence electrons. The molecule has 1 spiro atoms. The van der Waals surface area contributed by atoms with Crippen LogP contribution in [-0.2, 0) is 26.0 Å². The van der Waals surface area contributed by atoms with Crippen molar-refractivity contribution in [2.75, 3.05) is 38.1 Å². The maximum absolute atomic E-state index is 13.9. The number of hydrogen-bond acceptors (Lipinski definition) is 5. The summed E-state index contributed by atoms with van der Waals surface area (Å²) in [7, 11) is -3.75. The fraction of sp³-hybridized carbons (Fsp3) is 0.387. The van der Waals surface area contributed by atoms with Gasteiger partial charge in [0, 0.05) is 30.9 Å². The predicted octanol–water partition coefficient (Wildman–Crippen LogP) is 4.55. The molecule has 2 heterocycles. The number of amides is 1. The average molecular weight is 566 g/mol. The fourth-order valence-electron chi connectivity index (χ4n) is 5.55. The van der Waals surface area contributed by atoms with E-state index in [-0.39, 0.29) is 35.8 Å². The lowest BCUT2D eigenvalue weighted by Gasteiger charge is -2.49. The summed E-state index contributed by atoms with van der Waals surface area (Å²) in [6, 6.07) is 21.2. The van der Waals surface area contributed by atoms with E-state index >= 15 is 0 Å². The van der Waals surface area contributed by atoms with E-state index in [0.717, 1.165) is 11.1 Å². The van der Waals surface area contributed by atoms with Gasteiger partial charge >= 0.3 is 0 Å². The summed E-state index contributed by atoms with van der Waals surface area (Å²) in [5.41, 5.74) is 2.32. The third-order valence-electron chi connectivity index (χ3n) is 8.05. The van der Waals surface area contributed by atoms with E-state index in [1.54, 1.807) is 35.5 Å². The first-order chi connectivity index (χ1) is 19.1. The minimum Gasteiger partial charge on any atom is -0.372 e. The number of piperidine rings is 1. The molecular weight excluding hydrogens is 529 g/mol. The molecule has 1 N–H and O–H groups in total. The van der Waals surface area contributed by atoms with Gasteiger partial charge in [0.15, 0.2) is 0 Å². The Hall–Kier alpha value is -3.11. The number of nitrogens with zero attached hydrogens (tertiary/aromatic N) is 2. The molecule has 40 heavy (non-hydrogen) atoms. The Bertz CT molecular complexity index is 1440. The number of hydrogen-bond donors (Lipinski definition) is 1. The van der Waals surface area contributed by atoms with Gasteiger partial charge in [-0.3, -0.25) is 9.69 Å². The first kappa shape index (κ1) is 28.4. The Labute approximate surface area is 236 Å². The van der Waals surface area contributed by atoms with Crippen molar-refractivity contribution in [1.82, 2.24) is 9.21 Å². The number of rotatable bonds is 7. The average Bonchev–Trinajstić information content (AvgIpc) is 2.94. The van der Waals surface area contributed by atoms with Gasteiger partial charge in [-0.1, -0.05) is 54.1 Å². The summed E-state index contributed by atoms with van der Waals surface area (Å²) in [6.45, 7) is 5.51. The lowest BCUT2D eigenvalue weighted by molar-refractivity contribution is -0.139. The number of morpholine rings is 1. The molecule has 3 aromatic rings. The van der Waals surface area contributed by atoms with Gasteiger partial charge in [0.2, 0.25) is 15.9 Å². The highest BCUT2D eigenvalue weighted by Gasteiger charge is 2.47. The van der Waals surface area contributed by atoms with Gasteiger partial charge in [-0.15, -0.1) is 0 Å². The molecule has 0 aromatic heterocycles. The van der Waals surface area contributed by atoms with Crippen LogP contribution in [0.2, 0.25) is 0 Å². The van der Waals surface area contributed by atoms with Crippen molar-refractivity contribution >= 4 is 21.6 Å². The molecular formula is C31H36FN3O4S. The summed E-state index contributed by atoms with van der Waals surface area (Å²) in [4.78, 5) is 15.0. The van der Waals surface area contributed by atoms with Crippen LogP contribution in [0.15, 0.2) is 77.7 Å². The summed E-state index contributed by atoms with van der Waals surface area (Å²) < 4.78 is 49.9. The standard InChI is InChI=1S/C31H36FN3O4S/c1-23-11-13-27(14-12-23)40(37,38)35-22-31(39-21-26(35)19-25-7-4-3-5-8-25)15-17-34(18-16-31)20-30(36)33-29-10-6-9-28(32)24(29)2/h3-14,26H,15-22H2,1-2H3,(H,33,36)/t26-/m1/s1. The van der Waals surface area contributed by atoms with Crippen LogP contribution in [0.5, 0.6) is 0 Å². The van der Waals surface area contributed by atoms with Gasteiger partial charge in [-0.2, -0.15) is 4.31 Å². The van der Waals surface area contributed by atoms with Crippen LogP contribution in [0.1, 0.15) is 29.5 Å². The molecule has 0 radical (unpaired) electrons.